The summed E-state index contributed by atoms with van der Waals surface area (Å²) in [7, 11) is 0. The highest BCUT2D eigenvalue weighted by Crippen LogP contribution is 2.14. The first-order valence-corrected chi connectivity index (χ1v) is 6.66. The summed E-state index contributed by atoms with van der Waals surface area (Å²) < 4.78 is 12.8. The Morgan fingerprint density at radius 1 is 1.37 bits per heavy atom. The highest BCUT2D eigenvalue weighted by molar-refractivity contribution is 5.74. The summed E-state index contributed by atoms with van der Waals surface area (Å²) in [6.07, 6.45) is 0. The van der Waals surface area contributed by atoms with Gasteiger partial charge in [-0.25, -0.2) is 9.18 Å². The number of benzene rings is 1. The zero-order chi connectivity index (χ0) is 13.7. The molecule has 2 rings (SSSR count). The van der Waals surface area contributed by atoms with Crippen LogP contribution in [0.25, 0.3) is 0 Å². The number of nitrogens with zero attached hydrogens (tertiary/aromatic N) is 1. The van der Waals surface area contributed by atoms with Gasteiger partial charge in [-0.05, 0) is 23.6 Å². The van der Waals surface area contributed by atoms with Crippen LogP contribution in [0.4, 0.5) is 9.18 Å². The van der Waals surface area contributed by atoms with Crippen molar-refractivity contribution in [1.29, 1.82) is 0 Å². The molecular weight excluding hydrogens is 245 g/mol. The summed E-state index contributed by atoms with van der Waals surface area (Å²) in [6, 6.07) is 6.40. The molecule has 0 aromatic heterocycles. The minimum Gasteiger partial charge on any atom is -0.337 e. The second-order valence-corrected chi connectivity index (χ2v) is 4.88. The Balaban J connectivity index is 1.80. The molecule has 1 fully saturated rings. The van der Waals surface area contributed by atoms with Crippen molar-refractivity contribution in [1.82, 2.24) is 15.5 Å². The third kappa shape index (κ3) is 3.92. The van der Waals surface area contributed by atoms with Gasteiger partial charge in [0.1, 0.15) is 5.82 Å². The first-order valence-electron chi connectivity index (χ1n) is 6.66. The van der Waals surface area contributed by atoms with E-state index in [4.69, 9.17) is 0 Å². The van der Waals surface area contributed by atoms with Crippen molar-refractivity contribution in [2.45, 2.75) is 12.8 Å². The lowest BCUT2D eigenvalue weighted by atomic mass is 10.0. The van der Waals surface area contributed by atoms with E-state index in [1.807, 2.05) is 11.8 Å². The van der Waals surface area contributed by atoms with Crippen LogP contribution in [0.3, 0.4) is 0 Å². The molecule has 104 valence electrons. The largest absolute Gasteiger partial charge is 0.337 e. The summed E-state index contributed by atoms with van der Waals surface area (Å²) in [5, 5.41) is 6.14. The van der Waals surface area contributed by atoms with Crippen LogP contribution >= 0.6 is 0 Å². The van der Waals surface area contributed by atoms with E-state index in [-0.39, 0.29) is 17.8 Å². The molecule has 1 aromatic carbocycles. The number of hydrogen-bond acceptors (Lipinski definition) is 2. The van der Waals surface area contributed by atoms with Crippen LogP contribution in [0.15, 0.2) is 24.3 Å². The first-order chi connectivity index (χ1) is 9.16. The molecule has 2 N–H and O–H groups in total. The fraction of sp³-hybridized carbons (Fsp3) is 0.500. The number of amides is 2. The summed E-state index contributed by atoms with van der Waals surface area (Å²) >= 11 is 0. The van der Waals surface area contributed by atoms with Crippen LogP contribution in [-0.4, -0.2) is 43.7 Å². The van der Waals surface area contributed by atoms with Gasteiger partial charge in [0.05, 0.1) is 0 Å². The van der Waals surface area contributed by atoms with E-state index in [1.165, 1.54) is 12.1 Å². The molecule has 1 atom stereocenters. The Morgan fingerprint density at radius 3 is 2.63 bits per heavy atom. The van der Waals surface area contributed by atoms with Crippen LogP contribution in [0.2, 0.25) is 0 Å². The number of urea groups is 1. The standard InChI is InChI=1S/C14H20FN3O/c1-11(12-2-4-13(15)5-3-12)10-17-14(19)18-8-6-16-7-9-18/h2-5,11,16H,6-10H2,1H3,(H,17,19). The van der Waals surface area contributed by atoms with Crippen molar-refractivity contribution < 1.29 is 9.18 Å². The van der Waals surface area contributed by atoms with Crippen LogP contribution in [0.5, 0.6) is 0 Å². The third-order valence-electron chi connectivity index (χ3n) is 3.40. The molecule has 1 unspecified atom stereocenters. The average molecular weight is 265 g/mol. The van der Waals surface area contributed by atoms with Crippen LogP contribution in [-0.2, 0) is 0 Å². The molecular formula is C14H20FN3O. The second-order valence-electron chi connectivity index (χ2n) is 4.88. The molecule has 1 heterocycles. The van der Waals surface area contributed by atoms with Gasteiger partial charge < -0.3 is 15.5 Å². The molecule has 19 heavy (non-hydrogen) atoms. The van der Waals surface area contributed by atoms with Gasteiger partial charge in [0.15, 0.2) is 0 Å². The Morgan fingerprint density at radius 2 is 2.00 bits per heavy atom. The number of nitrogens with one attached hydrogen (secondary N) is 2. The van der Waals surface area contributed by atoms with Gasteiger partial charge in [-0.15, -0.1) is 0 Å². The topological polar surface area (TPSA) is 44.4 Å². The summed E-state index contributed by atoms with van der Waals surface area (Å²) in [5.74, 6) is -0.0618. The lowest BCUT2D eigenvalue weighted by molar-refractivity contribution is 0.189. The van der Waals surface area contributed by atoms with E-state index in [9.17, 15) is 9.18 Å². The maximum Gasteiger partial charge on any atom is 0.317 e. The Hall–Kier alpha value is -1.62. The predicted molar refractivity (Wildman–Crippen MR) is 72.7 cm³/mol. The molecule has 0 aliphatic carbocycles. The fourth-order valence-electron chi connectivity index (χ4n) is 2.13. The highest BCUT2D eigenvalue weighted by Gasteiger charge is 2.16. The first kappa shape index (κ1) is 13.8. The molecule has 2 amide bonds. The van der Waals surface area contributed by atoms with Crippen LogP contribution < -0.4 is 10.6 Å². The normalized spacial score (nSPS) is 17.1. The minimum atomic E-state index is -0.235. The molecule has 1 aliphatic rings. The maximum atomic E-state index is 12.8. The monoisotopic (exact) mass is 265 g/mol. The predicted octanol–water partition coefficient (Wildman–Crippen LogP) is 1.54. The Labute approximate surface area is 113 Å². The zero-order valence-corrected chi connectivity index (χ0v) is 11.2. The molecule has 0 radical (unpaired) electrons. The molecule has 1 aliphatic heterocycles. The van der Waals surface area contributed by atoms with Gasteiger partial charge in [0.25, 0.3) is 0 Å². The van der Waals surface area contributed by atoms with Crippen molar-refractivity contribution in [2.24, 2.45) is 0 Å². The lowest BCUT2D eigenvalue weighted by Crippen LogP contribution is -2.50. The van der Waals surface area contributed by atoms with Crippen molar-refractivity contribution >= 4 is 6.03 Å². The quantitative estimate of drug-likeness (QED) is 0.871. The van der Waals surface area contributed by atoms with E-state index in [2.05, 4.69) is 10.6 Å². The molecule has 4 nitrogen and oxygen atoms in total. The molecule has 1 aromatic rings. The Kier molecular flexibility index (Phi) is 4.74. The van der Waals surface area contributed by atoms with E-state index >= 15 is 0 Å². The second kappa shape index (κ2) is 6.52. The van der Waals surface area contributed by atoms with Crippen LogP contribution in [0.1, 0.15) is 18.4 Å². The SMILES string of the molecule is CC(CNC(=O)N1CCNCC1)c1ccc(F)cc1. The van der Waals surface area contributed by atoms with Gasteiger partial charge in [-0.1, -0.05) is 19.1 Å². The minimum absolute atomic E-state index is 0.0181. The maximum absolute atomic E-state index is 12.8. The van der Waals surface area contributed by atoms with Gasteiger partial charge in [0.2, 0.25) is 0 Å². The molecule has 0 spiro atoms. The van der Waals surface area contributed by atoms with Gasteiger partial charge in [-0.2, -0.15) is 0 Å². The highest BCUT2D eigenvalue weighted by atomic mass is 19.1. The van der Waals surface area contributed by atoms with E-state index in [1.54, 1.807) is 12.1 Å². The summed E-state index contributed by atoms with van der Waals surface area (Å²) in [6.45, 7) is 5.77. The van der Waals surface area contributed by atoms with Gasteiger partial charge in [-0.3, -0.25) is 0 Å². The number of rotatable bonds is 3. The van der Waals surface area contributed by atoms with Crippen molar-refractivity contribution in [2.75, 3.05) is 32.7 Å². The van der Waals surface area contributed by atoms with Gasteiger partial charge in [0, 0.05) is 32.7 Å². The average Bonchev–Trinajstić information content (AvgIpc) is 2.46. The van der Waals surface area contributed by atoms with Crippen molar-refractivity contribution in [3.63, 3.8) is 0 Å². The van der Waals surface area contributed by atoms with E-state index in [0.717, 1.165) is 31.7 Å². The zero-order valence-electron chi connectivity index (χ0n) is 11.2. The molecule has 5 heteroatoms. The molecule has 0 bridgehead atoms. The summed E-state index contributed by atoms with van der Waals surface area (Å²) in [4.78, 5) is 13.7. The van der Waals surface area contributed by atoms with Crippen LogP contribution in [0, 0.1) is 5.82 Å². The smallest absolute Gasteiger partial charge is 0.317 e. The molecule has 0 saturated carbocycles. The number of halogens is 1. The third-order valence-corrected chi connectivity index (χ3v) is 3.40. The number of carbonyl (C=O) groups is 1. The van der Waals surface area contributed by atoms with Crippen molar-refractivity contribution in [3.8, 4) is 0 Å². The van der Waals surface area contributed by atoms with E-state index < -0.39 is 0 Å². The number of carbonyl (C=O) groups excluding carboxylic acids is 1. The fourth-order valence-corrected chi connectivity index (χ4v) is 2.13. The Bertz CT molecular complexity index is 415. The van der Waals surface area contributed by atoms with E-state index in [0.29, 0.717) is 6.54 Å². The summed E-state index contributed by atoms with van der Waals surface area (Å²) in [5.41, 5.74) is 1.03. The van der Waals surface area contributed by atoms with Gasteiger partial charge >= 0.3 is 6.03 Å². The molecule has 1 saturated heterocycles. The lowest BCUT2D eigenvalue weighted by Gasteiger charge is -2.28. The van der Waals surface area contributed by atoms with Crippen molar-refractivity contribution in [3.05, 3.63) is 35.6 Å². The number of hydrogen-bond donors (Lipinski definition) is 2. The number of piperazine rings is 1.